The smallest absolute Gasteiger partial charge is 0.251 e. The number of methoxy groups -OCH3 is 2. The van der Waals surface area contributed by atoms with E-state index < -0.39 is 0 Å². The second-order valence-corrected chi connectivity index (χ2v) is 6.18. The Morgan fingerprint density at radius 3 is 2.40 bits per heavy atom. The maximum absolute atomic E-state index is 12.2. The fraction of sp³-hybridized carbons (Fsp3) is 0.222. The van der Waals surface area contributed by atoms with E-state index in [1.807, 2.05) is 19.1 Å². The van der Waals surface area contributed by atoms with Crippen LogP contribution in [0, 0.1) is 6.92 Å². The van der Waals surface area contributed by atoms with E-state index >= 15 is 0 Å². The van der Waals surface area contributed by atoms with Crippen LogP contribution >= 0.6 is 15.9 Å². The number of hydrogen-bond acceptors (Lipinski definition) is 4. The van der Waals surface area contributed by atoms with Crippen molar-refractivity contribution in [3.05, 3.63) is 52.0 Å². The molecule has 0 bridgehead atoms. The molecule has 0 unspecified atom stereocenters. The van der Waals surface area contributed by atoms with Crippen LogP contribution in [0.15, 0.2) is 40.9 Å². The summed E-state index contributed by atoms with van der Waals surface area (Å²) in [5.74, 6) is 0.301. The molecule has 0 saturated carbocycles. The zero-order valence-corrected chi connectivity index (χ0v) is 15.8. The topological polar surface area (TPSA) is 76.7 Å². The Morgan fingerprint density at radius 2 is 1.76 bits per heavy atom. The van der Waals surface area contributed by atoms with E-state index in [1.165, 1.54) is 14.2 Å². The molecule has 6 nitrogen and oxygen atoms in total. The molecule has 0 aliphatic carbocycles. The number of hydrogen-bond donors (Lipinski definition) is 2. The van der Waals surface area contributed by atoms with Gasteiger partial charge in [-0.3, -0.25) is 9.59 Å². The zero-order chi connectivity index (χ0) is 18.4. The lowest BCUT2D eigenvalue weighted by atomic mass is 10.2. The van der Waals surface area contributed by atoms with E-state index in [4.69, 9.17) is 9.47 Å². The summed E-state index contributed by atoms with van der Waals surface area (Å²) in [4.78, 5) is 24.2. The fourth-order valence-corrected chi connectivity index (χ4v) is 2.68. The third-order valence-corrected chi connectivity index (χ3v) is 4.01. The van der Waals surface area contributed by atoms with Gasteiger partial charge in [-0.15, -0.1) is 0 Å². The van der Waals surface area contributed by atoms with Gasteiger partial charge in [0.2, 0.25) is 5.91 Å². The second kappa shape index (κ2) is 8.53. The van der Waals surface area contributed by atoms with Gasteiger partial charge in [-0.05, 0) is 48.9 Å². The number of carbonyl (C=O) groups excluding carboxylic acids is 2. The Balaban J connectivity index is 1.96. The van der Waals surface area contributed by atoms with Crippen LogP contribution in [0.2, 0.25) is 0 Å². The third kappa shape index (κ3) is 4.96. The van der Waals surface area contributed by atoms with Crippen LogP contribution in [-0.4, -0.2) is 32.6 Å². The molecule has 132 valence electrons. The first-order chi connectivity index (χ1) is 11.9. The number of carbonyl (C=O) groups is 2. The first-order valence-corrected chi connectivity index (χ1v) is 8.30. The number of rotatable bonds is 6. The van der Waals surface area contributed by atoms with Crippen molar-refractivity contribution < 1.29 is 19.1 Å². The number of amides is 2. The highest BCUT2D eigenvalue weighted by Gasteiger charge is 2.12. The number of benzene rings is 2. The molecule has 2 N–H and O–H groups in total. The van der Waals surface area contributed by atoms with Crippen LogP contribution in [0.4, 0.5) is 5.69 Å². The largest absolute Gasteiger partial charge is 0.493 e. The van der Waals surface area contributed by atoms with Gasteiger partial charge >= 0.3 is 0 Å². The van der Waals surface area contributed by atoms with Crippen molar-refractivity contribution in [2.45, 2.75) is 6.92 Å². The van der Waals surface area contributed by atoms with Crippen molar-refractivity contribution in [2.24, 2.45) is 0 Å². The third-order valence-electron chi connectivity index (χ3n) is 3.52. The number of nitrogens with one attached hydrogen (secondary N) is 2. The molecule has 0 aliphatic heterocycles. The second-order valence-electron chi connectivity index (χ2n) is 5.26. The molecule has 0 spiro atoms. The highest BCUT2D eigenvalue weighted by Crippen LogP contribution is 2.27. The lowest BCUT2D eigenvalue weighted by molar-refractivity contribution is -0.115. The molecular formula is C18H19BrN2O4. The van der Waals surface area contributed by atoms with Crippen LogP contribution in [0.5, 0.6) is 11.5 Å². The van der Waals surface area contributed by atoms with Gasteiger partial charge in [-0.2, -0.15) is 0 Å². The van der Waals surface area contributed by atoms with E-state index in [0.717, 1.165) is 10.0 Å². The zero-order valence-electron chi connectivity index (χ0n) is 14.2. The number of aryl methyl sites for hydroxylation is 1. The minimum atomic E-state index is -0.372. The number of ether oxygens (including phenoxy) is 2. The van der Waals surface area contributed by atoms with Crippen molar-refractivity contribution in [1.82, 2.24) is 5.32 Å². The monoisotopic (exact) mass is 406 g/mol. The van der Waals surface area contributed by atoms with E-state index in [2.05, 4.69) is 26.6 Å². The van der Waals surface area contributed by atoms with Gasteiger partial charge in [-0.25, -0.2) is 0 Å². The van der Waals surface area contributed by atoms with Crippen molar-refractivity contribution in [3.8, 4) is 11.5 Å². The van der Waals surface area contributed by atoms with Crippen LogP contribution in [-0.2, 0) is 4.79 Å². The minimum Gasteiger partial charge on any atom is -0.493 e. The molecule has 25 heavy (non-hydrogen) atoms. The lowest BCUT2D eigenvalue weighted by Gasteiger charge is -2.11. The lowest BCUT2D eigenvalue weighted by Crippen LogP contribution is -2.33. The van der Waals surface area contributed by atoms with E-state index in [-0.39, 0.29) is 18.4 Å². The molecule has 2 aromatic carbocycles. The Kier molecular flexibility index (Phi) is 6.41. The minimum absolute atomic E-state index is 0.136. The summed E-state index contributed by atoms with van der Waals surface area (Å²) >= 11 is 3.37. The van der Waals surface area contributed by atoms with Gasteiger partial charge in [0.05, 0.1) is 20.8 Å². The van der Waals surface area contributed by atoms with Crippen molar-refractivity contribution in [2.75, 3.05) is 26.1 Å². The van der Waals surface area contributed by atoms with Gasteiger partial charge in [0.25, 0.3) is 5.91 Å². The molecule has 0 saturated heterocycles. The normalized spacial score (nSPS) is 10.1. The highest BCUT2D eigenvalue weighted by atomic mass is 79.9. The van der Waals surface area contributed by atoms with Gasteiger partial charge in [-0.1, -0.05) is 15.9 Å². The molecule has 7 heteroatoms. The Labute approximate surface area is 154 Å². The molecule has 0 radical (unpaired) electrons. The molecule has 0 heterocycles. The van der Waals surface area contributed by atoms with E-state index in [9.17, 15) is 9.59 Å². The standard InChI is InChI=1S/C18H19BrN2O4/c1-11-8-13(19)5-6-14(11)21-17(22)10-20-18(23)12-4-7-15(24-2)16(9-12)25-3/h4-9H,10H2,1-3H3,(H,20,23)(H,21,22). The molecule has 2 rings (SSSR count). The Morgan fingerprint density at radius 1 is 1.04 bits per heavy atom. The summed E-state index contributed by atoms with van der Waals surface area (Å²) in [6, 6.07) is 10.3. The molecule has 0 aliphatic rings. The Bertz CT molecular complexity index is 793. The average Bonchev–Trinajstić information content (AvgIpc) is 2.61. The van der Waals surface area contributed by atoms with Crippen LogP contribution in [0.3, 0.4) is 0 Å². The molecule has 0 fully saturated rings. The summed E-state index contributed by atoms with van der Waals surface area (Å²) < 4.78 is 11.2. The van der Waals surface area contributed by atoms with Crippen LogP contribution in [0.25, 0.3) is 0 Å². The summed E-state index contributed by atoms with van der Waals surface area (Å²) in [7, 11) is 3.01. The summed E-state index contributed by atoms with van der Waals surface area (Å²) in [6.07, 6.45) is 0. The predicted octanol–water partition coefficient (Wildman–Crippen LogP) is 3.14. The quantitative estimate of drug-likeness (QED) is 0.772. The average molecular weight is 407 g/mol. The van der Waals surface area contributed by atoms with Gasteiger partial charge < -0.3 is 20.1 Å². The number of anilines is 1. The first-order valence-electron chi connectivity index (χ1n) is 7.51. The van der Waals surface area contributed by atoms with Crippen LogP contribution < -0.4 is 20.1 Å². The summed E-state index contributed by atoms with van der Waals surface area (Å²) in [5, 5.41) is 5.35. The Hall–Kier alpha value is -2.54. The molecular weight excluding hydrogens is 388 g/mol. The molecule has 0 atom stereocenters. The summed E-state index contributed by atoms with van der Waals surface area (Å²) in [5.41, 5.74) is 2.01. The molecule has 2 aromatic rings. The van der Waals surface area contributed by atoms with Gasteiger partial charge in [0, 0.05) is 15.7 Å². The van der Waals surface area contributed by atoms with E-state index in [1.54, 1.807) is 24.3 Å². The van der Waals surface area contributed by atoms with Crippen molar-refractivity contribution in [1.29, 1.82) is 0 Å². The summed E-state index contributed by atoms with van der Waals surface area (Å²) in [6.45, 7) is 1.76. The predicted molar refractivity (Wildman–Crippen MR) is 99.4 cm³/mol. The molecule has 0 aromatic heterocycles. The maximum atomic E-state index is 12.2. The van der Waals surface area contributed by atoms with Crippen LogP contribution in [0.1, 0.15) is 15.9 Å². The van der Waals surface area contributed by atoms with E-state index in [0.29, 0.717) is 22.7 Å². The SMILES string of the molecule is COc1ccc(C(=O)NCC(=O)Nc2ccc(Br)cc2C)cc1OC. The van der Waals surface area contributed by atoms with Crippen molar-refractivity contribution in [3.63, 3.8) is 0 Å². The van der Waals surface area contributed by atoms with Gasteiger partial charge in [0.15, 0.2) is 11.5 Å². The fourth-order valence-electron chi connectivity index (χ4n) is 2.20. The van der Waals surface area contributed by atoms with Gasteiger partial charge in [0.1, 0.15) is 0 Å². The first kappa shape index (κ1) is 18.8. The number of halogens is 1. The molecule has 2 amide bonds. The maximum Gasteiger partial charge on any atom is 0.251 e. The highest BCUT2D eigenvalue weighted by molar-refractivity contribution is 9.10. The van der Waals surface area contributed by atoms with Crippen molar-refractivity contribution >= 4 is 33.4 Å².